The number of urea groups is 1. The normalized spacial score (nSPS) is 11.8. The van der Waals surface area contributed by atoms with E-state index < -0.39 is 29.7 Å². The van der Waals surface area contributed by atoms with Gasteiger partial charge in [0.05, 0.1) is 12.1 Å². The topological polar surface area (TPSA) is 78.4 Å². The Kier molecular flexibility index (Phi) is 5.89. The van der Waals surface area contributed by atoms with Crippen molar-refractivity contribution in [1.82, 2.24) is 5.32 Å². The minimum Gasteiger partial charge on any atom is -0.481 e. The Labute approximate surface area is 115 Å². The van der Waals surface area contributed by atoms with Crippen LogP contribution < -0.4 is 10.6 Å². The fraction of sp³-hybridized carbons (Fsp3) is 0.385. The Morgan fingerprint density at radius 3 is 2.60 bits per heavy atom. The number of carbonyl (C=O) groups is 2. The van der Waals surface area contributed by atoms with E-state index in [4.69, 9.17) is 5.11 Å². The Morgan fingerprint density at radius 1 is 1.35 bits per heavy atom. The van der Waals surface area contributed by atoms with Crippen molar-refractivity contribution in [1.29, 1.82) is 0 Å². The number of aliphatic carboxylic acids is 1. The van der Waals surface area contributed by atoms with Crippen LogP contribution in [0, 0.1) is 11.6 Å². The molecule has 0 aliphatic heterocycles. The number of anilines is 1. The minimum absolute atomic E-state index is 0.172. The zero-order valence-corrected chi connectivity index (χ0v) is 11.0. The van der Waals surface area contributed by atoms with E-state index in [0.717, 1.165) is 12.1 Å². The van der Waals surface area contributed by atoms with Gasteiger partial charge in [0.1, 0.15) is 11.6 Å². The smallest absolute Gasteiger partial charge is 0.319 e. The third kappa shape index (κ3) is 5.21. The van der Waals surface area contributed by atoms with E-state index >= 15 is 0 Å². The average Bonchev–Trinajstić information content (AvgIpc) is 2.32. The quantitative estimate of drug-likeness (QED) is 0.752. The van der Waals surface area contributed by atoms with Crippen LogP contribution in [0.5, 0.6) is 0 Å². The summed E-state index contributed by atoms with van der Waals surface area (Å²) < 4.78 is 26.0. The lowest BCUT2D eigenvalue weighted by Crippen LogP contribution is -2.39. The van der Waals surface area contributed by atoms with Crippen molar-refractivity contribution < 1.29 is 23.5 Å². The van der Waals surface area contributed by atoms with Crippen LogP contribution in [0.15, 0.2) is 18.2 Å². The van der Waals surface area contributed by atoms with Crippen LogP contribution in [0.2, 0.25) is 0 Å². The second kappa shape index (κ2) is 7.42. The van der Waals surface area contributed by atoms with Gasteiger partial charge in [-0.25, -0.2) is 13.6 Å². The van der Waals surface area contributed by atoms with Crippen LogP contribution in [0.3, 0.4) is 0 Å². The highest BCUT2D eigenvalue weighted by Gasteiger charge is 2.16. The highest BCUT2D eigenvalue weighted by atomic mass is 19.1. The summed E-state index contributed by atoms with van der Waals surface area (Å²) in [6.45, 7) is 1.86. The van der Waals surface area contributed by atoms with Gasteiger partial charge >= 0.3 is 12.0 Å². The predicted molar refractivity (Wildman–Crippen MR) is 69.5 cm³/mol. The van der Waals surface area contributed by atoms with E-state index in [-0.39, 0.29) is 12.1 Å². The first kappa shape index (κ1) is 15.9. The van der Waals surface area contributed by atoms with Gasteiger partial charge in [0.2, 0.25) is 0 Å². The fourth-order valence-electron chi connectivity index (χ4n) is 1.72. The summed E-state index contributed by atoms with van der Waals surface area (Å²) in [5.41, 5.74) is -0.172. The van der Waals surface area contributed by atoms with E-state index in [2.05, 4.69) is 10.6 Å². The molecular weight excluding hydrogens is 270 g/mol. The maximum absolute atomic E-state index is 13.3. The van der Waals surface area contributed by atoms with E-state index in [0.29, 0.717) is 18.9 Å². The Bertz CT molecular complexity index is 495. The van der Waals surface area contributed by atoms with E-state index in [9.17, 15) is 18.4 Å². The molecule has 0 aromatic heterocycles. The van der Waals surface area contributed by atoms with Crippen LogP contribution in [0.1, 0.15) is 26.2 Å². The van der Waals surface area contributed by atoms with Crippen LogP contribution in [-0.4, -0.2) is 23.1 Å². The number of carbonyl (C=O) groups excluding carboxylic acids is 1. The zero-order chi connectivity index (χ0) is 15.1. The monoisotopic (exact) mass is 286 g/mol. The first-order valence-corrected chi connectivity index (χ1v) is 6.16. The van der Waals surface area contributed by atoms with Crippen molar-refractivity contribution in [2.75, 3.05) is 5.32 Å². The summed E-state index contributed by atoms with van der Waals surface area (Å²) in [6.07, 6.45) is 0.974. The molecule has 0 radical (unpaired) electrons. The van der Waals surface area contributed by atoms with E-state index in [1.54, 1.807) is 0 Å². The molecule has 5 nitrogen and oxygen atoms in total. The lowest BCUT2D eigenvalue weighted by atomic mass is 10.1. The molecule has 1 rings (SSSR count). The molecule has 3 N–H and O–H groups in total. The number of hydrogen-bond donors (Lipinski definition) is 3. The molecule has 0 aliphatic rings. The first-order chi connectivity index (χ1) is 9.42. The van der Waals surface area contributed by atoms with Crippen LogP contribution in [0.25, 0.3) is 0 Å². The molecule has 2 amide bonds. The molecule has 110 valence electrons. The molecule has 0 fully saturated rings. The van der Waals surface area contributed by atoms with Crippen molar-refractivity contribution in [2.45, 2.75) is 32.2 Å². The molecule has 0 saturated heterocycles. The number of hydrogen-bond acceptors (Lipinski definition) is 2. The zero-order valence-electron chi connectivity index (χ0n) is 11.0. The molecule has 0 heterocycles. The van der Waals surface area contributed by atoms with Crippen molar-refractivity contribution in [3.63, 3.8) is 0 Å². The molecule has 1 atom stereocenters. The van der Waals surface area contributed by atoms with Gasteiger partial charge in [-0.3, -0.25) is 4.79 Å². The van der Waals surface area contributed by atoms with Gasteiger partial charge in [-0.15, -0.1) is 0 Å². The standard InChI is InChI=1S/C13H16F2N2O3/c1-2-3-9(7-12(18)19)16-13(20)17-11-5-4-8(14)6-10(11)15/h4-6,9H,2-3,7H2,1H3,(H,18,19)(H2,16,17,20). The van der Waals surface area contributed by atoms with Gasteiger partial charge in [0.25, 0.3) is 0 Å². The molecule has 0 spiro atoms. The number of halogens is 2. The number of carboxylic acid groups (broad SMARTS) is 1. The van der Waals surface area contributed by atoms with Gasteiger partial charge in [-0.05, 0) is 18.6 Å². The lowest BCUT2D eigenvalue weighted by Gasteiger charge is -2.16. The maximum Gasteiger partial charge on any atom is 0.319 e. The third-order valence-electron chi connectivity index (χ3n) is 2.57. The predicted octanol–water partition coefficient (Wildman–Crippen LogP) is 2.73. The fourth-order valence-corrected chi connectivity index (χ4v) is 1.72. The summed E-state index contributed by atoms with van der Waals surface area (Å²) >= 11 is 0. The van der Waals surface area contributed by atoms with Gasteiger partial charge < -0.3 is 15.7 Å². The van der Waals surface area contributed by atoms with Gasteiger partial charge in [0.15, 0.2) is 0 Å². The molecule has 0 saturated carbocycles. The van der Waals surface area contributed by atoms with Crippen molar-refractivity contribution in [3.8, 4) is 0 Å². The number of nitrogens with one attached hydrogen (secondary N) is 2. The summed E-state index contributed by atoms with van der Waals surface area (Å²) in [5, 5.41) is 13.4. The van der Waals surface area contributed by atoms with Crippen molar-refractivity contribution >= 4 is 17.7 Å². The number of benzene rings is 1. The van der Waals surface area contributed by atoms with Crippen molar-refractivity contribution in [3.05, 3.63) is 29.8 Å². The van der Waals surface area contributed by atoms with Gasteiger partial charge in [-0.1, -0.05) is 13.3 Å². The second-order valence-corrected chi connectivity index (χ2v) is 4.31. The SMILES string of the molecule is CCCC(CC(=O)O)NC(=O)Nc1ccc(F)cc1F. The van der Waals surface area contributed by atoms with E-state index in [1.807, 2.05) is 6.92 Å². The molecule has 0 bridgehead atoms. The van der Waals surface area contributed by atoms with Gasteiger partial charge in [-0.2, -0.15) is 0 Å². The van der Waals surface area contributed by atoms with Gasteiger partial charge in [0, 0.05) is 12.1 Å². The number of amides is 2. The highest BCUT2D eigenvalue weighted by molar-refractivity contribution is 5.89. The molecule has 1 aromatic rings. The van der Waals surface area contributed by atoms with Crippen LogP contribution in [0.4, 0.5) is 19.3 Å². The van der Waals surface area contributed by atoms with E-state index in [1.165, 1.54) is 0 Å². The molecular formula is C13H16F2N2O3. The summed E-state index contributed by atoms with van der Waals surface area (Å²) in [4.78, 5) is 22.3. The number of carboxylic acids is 1. The minimum atomic E-state index is -1.03. The molecule has 7 heteroatoms. The lowest BCUT2D eigenvalue weighted by molar-refractivity contribution is -0.137. The molecule has 1 unspecified atom stereocenters. The van der Waals surface area contributed by atoms with Crippen LogP contribution >= 0.6 is 0 Å². The summed E-state index contributed by atoms with van der Waals surface area (Å²) in [7, 11) is 0. The average molecular weight is 286 g/mol. The van der Waals surface area contributed by atoms with Crippen LogP contribution in [-0.2, 0) is 4.79 Å². The maximum atomic E-state index is 13.3. The Morgan fingerprint density at radius 2 is 2.05 bits per heavy atom. The largest absolute Gasteiger partial charge is 0.481 e. The molecule has 20 heavy (non-hydrogen) atoms. The third-order valence-corrected chi connectivity index (χ3v) is 2.57. The Hall–Kier alpha value is -2.18. The molecule has 1 aromatic carbocycles. The van der Waals surface area contributed by atoms with Crippen molar-refractivity contribution in [2.24, 2.45) is 0 Å². The Balaban J connectivity index is 2.62. The summed E-state index contributed by atoms with van der Waals surface area (Å²) in [6, 6.07) is 1.49. The second-order valence-electron chi connectivity index (χ2n) is 4.31. The molecule has 0 aliphatic carbocycles. The first-order valence-electron chi connectivity index (χ1n) is 6.16. The highest BCUT2D eigenvalue weighted by Crippen LogP contribution is 2.14. The summed E-state index contributed by atoms with van der Waals surface area (Å²) in [5.74, 6) is -2.68. The number of rotatable bonds is 6.